The zero-order valence-electron chi connectivity index (χ0n) is 11.3. The Labute approximate surface area is 121 Å². The van der Waals surface area contributed by atoms with Gasteiger partial charge in [-0.1, -0.05) is 11.6 Å². The SMILES string of the molecule is Cc1c(CNCc2ccc([N+](=O)[O-])cc2Cl)cnn1C. The van der Waals surface area contributed by atoms with Crippen LogP contribution in [0.2, 0.25) is 5.02 Å². The van der Waals surface area contributed by atoms with Gasteiger partial charge in [-0.3, -0.25) is 14.8 Å². The lowest BCUT2D eigenvalue weighted by Crippen LogP contribution is -2.13. The lowest BCUT2D eigenvalue weighted by Gasteiger charge is -2.06. The van der Waals surface area contributed by atoms with Crippen molar-refractivity contribution in [2.75, 3.05) is 0 Å². The van der Waals surface area contributed by atoms with Gasteiger partial charge < -0.3 is 5.32 Å². The molecule has 0 spiro atoms. The number of benzene rings is 1. The van der Waals surface area contributed by atoms with Crippen molar-refractivity contribution in [3.63, 3.8) is 0 Å². The summed E-state index contributed by atoms with van der Waals surface area (Å²) in [5.41, 5.74) is 3.05. The second-order valence-electron chi connectivity index (χ2n) is 4.52. The van der Waals surface area contributed by atoms with Gasteiger partial charge in [-0.05, 0) is 18.6 Å². The Kier molecular flexibility index (Phi) is 4.36. The van der Waals surface area contributed by atoms with Gasteiger partial charge in [-0.15, -0.1) is 0 Å². The third-order valence-corrected chi connectivity index (χ3v) is 3.57. The highest BCUT2D eigenvalue weighted by Gasteiger charge is 2.09. The number of hydrogen-bond acceptors (Lipinski definition) is 4. The molecule has 7 heteroatoms. The number of nitro benzene ring substituents is 1. The first-order valence-corrected chi connectivity index (χ1v) is 6.48. The molecule has 0 aliphatic rings. The molecule has 0 saturated heterocycles. The highest BCUT2D eigenvalue weighted by atomic mass is 35.5. The van der Waals surface area contributed by atoms with Gasteiger partial charge in [0, 0.05) is 43.5 Å². The monoisotopic (exact) mass is 294 g/mol. The Bertz CT molecular complexity index is 639. The fourth-order valence-corrected chi connectivity index (χ4v) is 2.08. The summed E-state index contributed by atoms with van der Waals surface area (Å²) in [5.74, 6) is 0. The van der Waals surface area contributed by atoms with Crippen LogP contribution in [0, 0.1) is 17.0 Å². The Morgan fingerprint density at radius 1 is 1.40 bits per heavy atom. The summed E-state index contributed by atoms with van der Waals surface area (Å²) in [7, 11) is 1.89. The summed E-state index contributed by atoms with van der Waals surface area (Å²) in [6, 6.07) is 4.50. The van der Waals surface area contributed by atoms with Crippen molar-refractivity contribution in [3.05, 3.63) is 56.4 Å². The molecule has 0 saturated carbocycles. The largest absolute Gasteiger partial charge is 0.308 e. The molecule has 1 N–H and O–H groups in total. The topological polar surface area (TPSA) is 73.0 Å². The maximum atomic E-state index is 10.6. The van der Waals surface area contributed by atoms with Gasteiger partial charge in [0.2, 0.25) is 0 Å². The molecule has 6 nitrogen and oxygen atoms in total. The normalized spacial score (nSPS) is 10.8. The predicted molar refractivity (Wildman–Crippen MR) is 76.6 cm³/mol. The Morgan fingerprint density at radius 2 is 2.10 bits per heavy atom. The summed E-state index contributed by atoms with van der Waals surface area (Å²) >= 11 is 6.03. The summed E-state index contributed by atoms with van der Waals surface area (Å²) < 4.78 is 1.82. The molecule has 1 aromatic heterocycles. The van der Waals surface area contributed by atoms with Crippen LogP contribution in [0.25, 0.3) is 0 Å². The Balaban J connectivity index is 1.98. The number of aromatic nitrogens is 2. The predicted octanol–water partition coefficient (Wildman–Crippen LogP) is 2.58. The van der Waals surface area contributed by atoms with E-state index in [2.05, 4.69) is 10.4 Å². The van der Waals surface area contributed by atoms with E-state index in [1.807, 2.05) is 24.9 Å². The molecule has 1 heterocycles. The number of aryl methyl sites for hydroxylation is 1. The van der Waals surface area contributed by atoms with Crippen LogP contribution in [-0.4, -0.2) is 14.7 Å². The third-order valence-electron chi connectivity index (χ3n) is 3.22. The molecule has 0 unspecified atom stereocenters. The van der Waals surface area contributed by atoms with E-state index in [0.717, 1.165) is 16.8 Å². The molecular weight excluding hydrogens is 280 g/mol. The van der Waals surface area contributed by atoms with Gasteiger partial charge >= 0.3 is 0 Å². The molecule has 0 aliphatic carbocycles. The third kappa shape index (κ3) is 3.15. The van der Waals surface area contributed by atoms with Crippen molar-refractivity contribution in [2.24, 2.45) is 7.05 Å². The van der Waals surface area contributed by atoms with Crippen LogP contribution in [-0.2, 0) is 20.1 Å². The summed E-state index contributed by atoms with van der Waals surface area (Å²) in [5, 5.41) is 18.4. The first kappa shape index (κ1) is 14.5. The molecule has 0 amide bonds. The van der Waals surface area contributed by atoms with Gasteiger partial charge in [0.05, 0.1) is 16.1 Å². The standard InChI is InChI=1S/C13H15ClN4O2/c1-9-11(8-16-17(9)2)7-15-6-10-3-4-12(18(19)20)5-13(10)14/h3-5,8,15H,6-7H2,1-2H3. The maximum Gasteiger partial charge on any atom is 0.270 e. The van der Waals surface area contributed by atoms with Crippen molar-refractivity contribution in [1.29, 1.82) is 0 Å². The van der Waals surface area contributed by atoms with Gasteiger partial charge in [0.15, 0.2) is 0 Å². The van der Waals surface area contributed by atoms with Gasteiger partial charge in [0.1, 0.15) is 0 Å². The molecule has 0 aliphatic heterocycles. The molecule has 0 atom stereocenters. The number of rotatable bonds is 5. The number of nitrogens with one attached hydrogen (secondary N) is 1. The minimum atomic E-state index is -0.456. The van der Waals surface area contributed by atoms with Gasteiger partial charge in [0.25, 0.3) is 5.69 Å². The zero-order chi connectivity index (χ0) is 14.7. The van der Waals surface area contributed by atoms with E-state index in [0.29, 0.717) is 18.1 Å². The fraction of sp³-hybridized carbons (Fsp3) is 0.308. The van der Waals surface area contributed by atoms with Gasteiger partial charge in [-0.25, -0.2) is 0 Å². The highest BCUT2D eigenvalue weighted by Crippen LogP contribution is 2.22. The number of hydrogen-bond donors (Lipinski definition) is 1. The van der Waals surface area contributed by atoms with E-state index in [4.69, 9.17) is 11.6 Å². The van der Waals surface area contributed by atoms with E-state index in [1.54, 1.807) is 6.07 Å². The molecular formula is C13H15ClN4O2. The number of non-ortho nitro benzene ring substituents is 1. The minimum absolute atomic E-state index is 0.00172. The molecule has 0 radical (unpaired) electrons. The maximum absolute atomic E-state index is 10.6. The first-order chi connectivity index (χ1) is 9.49. The quantitative estimate of drug-likeness (QED) is 0.679. The van der Waals surface area contributed by atoms with E-state index < -0.39 is 4.92 Å². The molecule has 2 aromatic rings. The van der Waals surface area contributed by atoms with Crippen molar-refractivity contribution in [1.82, 2.24) is 15.1 Å². The van der Waals surface area contributed by atoms with Gasteiger partial charge in [-0.2, -0.15) is 5.10 Å². The zero-order valence-corrected chi connectivity index (χ0v) is 12.0. The van der Waals surface area contributed by atoms with Crippen LogP contribution in [0.1, 0.15) is 16.8 Å². The smallest absolute Gasteiger partial charge is 0.270 e. The Morgan fingerprint density at radius 3 is 2.65 bits per heavy atom. The van der Waals surface area contributed by atoms with Crippen LogP contribution in [0.3, 0.4) is 0 Å². The van der Waals surface area contributed by atoms with Crippen LogP contribution in [0.4, 0.5) is 5.69 Å². The van der Waals surface area contributed by atoms with Crippen LogP contribution in [0.5, 0.6) is 0 Å². The molecule has 20 heavy (non-hydrogen) atoms. The lowest BCUT2D eigenvalue weighted by molar-refractivity contribution is -0.384. The van der Waals surface area contributed by atoms with Crippen molar-refractivity contribution in [2.45, 2.75) is 20.0 Å². The average molecular weight is 295 g/mol. The molecule has 2 rings (SSSR count). The second kappa shape index (κ2) is 6.02. The van der Waals surface area contributed by atoms with E-state index >= 15 is 0 Å². The minimum Gasteiger partial charge on any atom is -0.308 e. The fourth-order valence-electron chi connectivity index (χ4n) is 1.84. The van der Waals surface area contributed by atoms with Crippen molar-refractivity contribution >= 4 is 17.3 Å². The van der Waals surface area contributed by atoms with Crippen molar-refractivity contribution in [3.8, 4) is 0 Å². The Hall–Kier alpha value is -1.92. The molecule has 1 aromatic carbocycles. The first-order valence-electron chi connectivity index (χ1n) is 6.10. The number of nitrogens with zero attached hydrogens (tertiary/aromatic N) is 3. The summed E-state index contributed by atoms with van der Waals surface area (Å²) in [6.07, 6.45) is 1.82. The molecule has 0 fully saturated rings. The summed E-state index contributed by atoms with van der Waals surface area (Å²) in [6.45, 7) is 3.22. The lowest BCUT2D eigenvalue weighted by atomic mass is 10.2. The van der Waals surface area contributed by atoms with Crippen LogP contribution in [0.15, 0.2) is 24.4 Å². The van der Waals surface area contributed by atoms with Crippen molar-refractivity contribution < 1.29 is 4.92 Å². The van der Waals surface area contributed by atoms with E-state index in [1.165, 1.54) is 12.1 Å². The number of halogens is 1. The number of nitro groups is 1. The van der Waals surface area contributed by atoms with E-state index in [-0.39, 0.29) is 5.69 Å². The van der Waals surface area contributed by atoms with Crippen LogP contribution >= 0.6 is 11.6 Å². The van der Waals surface area contributed by atoms with E-state index in [9.17, 15) is 10.1 Å². The second-order valence-corrected chi connectivity index (χ2v) is 4.92. The summed E-state index contributed by atoms with van der Waals surface area (Å²) in [4.78, 5) is 10.2. The average Bonchev–Trinajstić information content (AvgIpc) is 2.72. The molecule has 0 bridgehead atoms. The highest BCUT2D eigenvalue weighted by molar-refractivity contribution is 6.31. The van der Waals surface area contributed by atoms with Crippen LogP contribution < -0.4 is 5.32 Å². The molecule has 106 valence electrons.